The topological polar surface area (TPSA) is 372 Å². The lowest BCUT2D eigenvalue weighted by molar-refractivity contribution is -0.266. The highest BCUT2D eigenvalue weighted by Gasteiger charge is 2.65. The molecule has 0 spiro atoms. The van der Waals surface area contributed by atoms with Crippen molar-refractivity contribution in [2.45, 2.75) is 143 Å². The van der Waals surface area contributed by atoms with Crippen LogP contribution in [0.25, 0.3) is 22.3 Å². The second-order valence-electron chi connectivity index (χ2n) is 38.3. The fourth-order valence-corrected chi connectivity index (χ4v) is 27.2. The monoisotopic (exact) mass is 2040 g/mol. The van der Waals surface area contributed by atoms with Crippen molar-refractivity contribution in [1.29, 1.82) is 0 Å². The second-order valence-corrected chi connectivity index (χ2v) is 48.2. The summed E-state index contributed by atoms with van der Waals surface area (Å²) >= 11 is 0. The molecule has 746 valence electrons. The average Bonchev–Trinajstić information content (AvgIpc) is 0.717. The largest absolute Gasteiger partial charge is 0.497 e. The number of aryl methyl sites for hydroxylation is 2. The molecule has 18 fully saturated rings. The highest BCUT2D eigenvalue weighted by atomic mass is 31.2. The van der Waals surface area contributed by atoms with Crippen molar-refractivity contribution in [3.8, 4) is 28.0 Å². The zero-order valence-corrected chi connectivity index (χ0v) is 85.4. The first kappa shape index (κ1) is 105. The van der Waals surface area contributed by atoms with Crippen molar-refractivity contribution in [1.82, 2.24) is 0 Å². The predicted molar refractivity (Wildman–Crippen MR) is 518 cm³/mol. The molecule has 27 rings (SSSR count). The number of ether oxygens (including phenoxy) is 2. The number of phosphoric acid groups is 6. The Morgan fingerprint density at radius 3 is 0.936 bits per heavy atom. The van der Waals surface area contributed by atoms with Crippen LogP contribution in [0, 0.1) is 40.9 Å². The van der Waals surface area contributed by atoms with Crippen LogP contribution in [0.1, 0.15) is 168 Å². The molecular weight excluding hydrogens is 1920 g/mol. The van der Waals surface area contributed by atoms with E-state index in [0.717, 1.165) is 51.1 Å². The molecule has 3 unspecified atom stereocenters. The summed E-state index contributed by atoms with van der Waals surface area (Å²) in [5, 5.41) is 0. The summed E-state index contributed by atoms with van der Waals surface area (Å²) in [6, 6.07) is 74.3. The van der Waals surface area contributed by atoms with E-state index in [0.29, 0.717) is 28.9 Å². The van der Waals surface area contributed by atoms with E-state index < -0.39 is 79.6 Å². The summed E-state index contributed by atoms with van der Waals surface area (Å²) in [6.45, 7) is 22.3. The van der Waals surface area contributed by atoms with Crippen LogP contribution in [0.3, 0.4) is 0 Å². The van der Waals surface area contributed by atoms with Gasteiger partial charge in [0.1, 0.15) is 62.5 Å². The molecule has 18 saturated heterocycles. The van der Waals surface area contributed by atoms with Gasteiger partial charge in [-0.15, -0.1) is 0 Å². The van der Waals surface area contributed by atoms with Gasteiger partial charge in [0, 0.05) is 46.1 Å². The quantitative estimate of drug-likeness (QED) is 0.0291. The van der Waals surface area contributed by atoms with Gasteiger partial charge >= 0.3 is 46.9 Å². The van der Waals surface area contributed by atoms with Crippen LogP contribution in [0.15, 0.2) is 231 Å². The summed E-state index contributed by atoms with van der Waals surface area (Å²) in [6.07, 6.45) is 5.35. The van der Waals surface area contributed by atoms with E-state index in [4.69, 9.17) is 90.9 Å². The minimum atomic E-state index is -3.43. The van der Waals surface area contributed by atoms with Crippen molar-refractivity contribution in [2.24, 2.45) is 27.1 Å². The Morgan fingerprint density at radius 1 is 0.321 bits per heavy atom. The standard InChI is InChI=1S/2C20H21O5P.2C18H17O5P.C14H27O5P.C13H15O6P/c2*1-19(2,16-8-4-3-5-9-16)17-10-6-7-15(11-17)18(21)20-12-23-26(22,24-13-20)25-14-20;2*1-13-3-2-4-16(9-13)14-5-7-15(8-6-14)17(19)18-10-21-24(20,22-11-18)23-12-18;1-5-6-7-8-9-10-16-14-11(2)17-20(15,18-12(14)3)19-13(14)4;1-16-11-4-2-10(3-5-11)6-12(14)13-7-17-20(15,18-8-13)19-9-13/h2*3-11H,12-14H2,1-2H3;2*2-9H,10-12H2,1H3;11-13H,5-10H2,1-4H3;2-5H,6-9H2,1H3. The molecule has 18 aliphatic heterocycles. The van der Waals surface area contributed by atoms with E-state index in [1.165, 1.54) is 47.9 Å². The van der Waals surface area contributed by atoms with Gasteiger partial charge < -0.3 is 9.47 Å². The maximum Gasteiger partial charge on any atom is 0.475 e. The number of carbonyl (C=O) groups is 5. The lowest BCUT2D eigenvalue weighted by Crippen LogP contribution is -2.66. The Hall–Kier alpha value is -8.25. The van der Waals surface area contributed by atoms with Crippen molar-refractivity contribution in [3.05, 3.63) is 292 Å². The van der Waals surface area contributed by atoms with Gasteiger partial charge in [-0.3, -0.25) is 105 Å². The van der Waals surface area contributed by atoms with E-state index in [1.54, 1.807) is 55.6 Å². The molecule has 0 amide bonds. The fourth-order valence-electron chi connectivity index (χ4n) is 18.2. The highest BCUT2D eigenvalue weighted by Crippen LogP contribution is 2.68. The van der Waals surface area contributed by atoms with E-state index in [-0.39, 0.29) is 164 Å². The number of hydrogen-bond acceptors (Lipinski definition) is 31. The number of carbonyl (C=O) groups excluding carboxylic acids is 5. The third-order valence-corrected chi connectivity index (χ3v) is 36.0. The number of rotatable bonds is 25. The van der Waals surface area contributed by atoms with Gasteiger partial charge in [-0.05, 0) is 115 Å². The van der Waals surface area contributed by atoms with Crippen LogP contribution < -0.4 is 4.74 Å². The highest BCUT2D eigenvalue weighted by molar-refractivity contribution is 7.50. The molecule has 12 bridgehead atoms. The predicted octanol–water partition coefficient (Wildman–Crippen LogP) is 22.8. The molecule has 9 aromatic rings. The van der Waals surface area contributed by atoms with Crippen LogP contribution in [-0.4, -0.2) is 166 Å². The lowest BCUT2D eigenvalue weighted by atomic mass is 9.76. The molecule has 0 N–H and O–H groups in total. The van der Waals surface area contributed by atoms with Gasteiger partial charge in [-0.25, -0.2) is 27.4 Å². The number of methoxy groups -OCH3 is 1. The van der Waals surface area contributed by atoms with E-state index >= 15 is 0 Å². The minimum Gasteiger partial charge on any atom is -0.497 e. The normalized spacial score (nSPS) is 31.1. The number of phosphoric ester groups is 6. The van der Waals surface area contributed by atoms with Crippen LogP contribution in [0.4, 0.5) is 0 Å². The summed E-state index contributed by atoms with van der Waals surface area (Å²) in [5.41, 5.74) is 8.67. The first-order valence-electron chi connectivity index (χ1n) is 46.7. The third-order valence-electron chi connectivity index (χ3n) is 27.6. The maximum absolute atomic E-state index is 13.2. The molecular formula is C103H118O31P6. The molecule has 0 saturated carbocycles. The van der Waals surface area contributed by atoms with E-state index in [9.17, 15) is 51.4 Å². The van der Waals surface area contributed by atoms with Crippen LogP contribution >= 0.6 is 46.9 Å². The van der Waals surface area contributed by atoms with Crippen molar-refractivity contribution < 1.29 is 142 Å². The van der Waals surface area contributed by atoms with Crippen molar-refractivity contribution in [2.75, 3.05) is 113 Å². The number of ketones is 5. The van der Waals surface area contributed by atoms with E-state index in [1.807, 2.05) is 180 Å². The van der Waals surface area contributed by atoms with Crippen molar-refractivity contribution >= 4 is 75.9 Å². The Balaban J connectivity index is 0.000000122. The molecule has 31 nitrogen and oxygen atoms in total. The fraction of sp³-hybridized carbons (Fsp3) is 0.427. The van der Waals surface area contributed by atoms with E-state index in [2.05, 4.69) is 71.0 Å². The Bertz CT molecular complexity index is 5840. The van der Waals surface area contributed by atoms with Gasteiger partial charge in [0.25, 0.3) is 0 Å². The van der Waals surface area contributed by atoms with Gasteiger partial charge in [-0.2, -0.15) is 0 Å². The molecule has 0 aliphatic carbocycles. The van der Waals surface area contributed by atoms with Gasteiger partial charge in [-0.1, -0.05) is 278 Å². The first-order valence-corrected chi connectivity index (χ1v) is 55.4. The van der Waals surface area contributed by atoms with Crippen LogP contribution in [-0.2, 0) is 136 Å². The summed E-state index contributed by atoms with van der Waals surface area (Å²) in [7, 11) is -18.8. The summed E-state index contributed by atoms with van der Waals surface area (Å²) in [5.74, 6) is 0.288. The second kappa shape index (κ2) is 42.4. The maximum atomic E-state index is 13.2. The Labute approximate surface area is 815 Å². The Kier molecular flexibility index (Phi) is 31.7. The number of fused-ring (bicyclic) bond motifs is 18. The summed E-state index contributed by atoms with van der Waals surface area (Å²) in [4.78, 5) is 64.5. The Morgan fingerprint density at radius 2 is 0.621 bits per heavy atom. The number of hydrogen-bond donors (Lipinski definition) is 0. The average molecular weight is 2040 g/mol. The summed E-state index contributed by atoms with van der Waals surface area (Å²) < 4.78 is 175. The molecule has 0 aromatic heterocycles. The number of Topliss-reactive ketones (excluding diaryl/α,β-unsaturated/α-hetero) is 5. The van der Waals surface area contributed by atoms with Crippen LogP contribution in [0.5, 0.6) is 5.75 Å². The zero-order chi connectivity index (χ0) is 99.4. The molecule has 18 heterocycles. The number of benzene rings is 9. The molecule has 18 aliphatic rings. The number of unbranched alkanes of at least 4 members (excludes halogenated alkanes) is 4. The zero-order valence-electron chi connectivity index (χ0n) is 80.1. The minimum absolute atomic E-state index is 0.0337. The molecule has 140 heavy (non-hydrogen) atoms. The molecule has 9 aromatic carbocycles. The van der Waals surface area contributed by atoms with Gasteiger partial charge in [0.15, 0.2) is 23.1 Å². The first-order chi connectivity index (χ1) is 66.7. The van der Waals surface area contributed by atoms with Crippen LogP contribution in [0.2, 0.25) is 0 Å². The third kappa shape index (κ3) is 22.6. The molecule has 0 radical (unpaired) electrons. The lowest BCUT2D eigenvalue weighted by Gasteiger charge is -2.55. The van der Waals surface area contributed by atoms with Crippen molar-refractivity contribution in [3.63, 3.8) is 0 Å². The molecule has 3 atom stereocenters. The van der Waals surface area contributed by atoms with Gasteiger partial charge in [0.05, 0.1) is 106 Å². The SMILES string of the molecule is CC(C)(c1ccccc1)c1cccc(C(=O)C23COP(=O)(OC2)OC3)c1.CC(C)(c1ccccc1)c1cccc(C(=O)C23COP(=O)(OC2)OC3)c1.CCCCCCCOC12C(C)OP(=O)(OC1C)OC2C.COc1ccc(CC(=O)C23COP(=O)(OC2)OC3)cc1.Cc1cccc(-c2ccc(C(=O)C34COP(=O)(OC3)OC4)cc2)c1.Cc1cccc(-c2ccc(C(=O)C34COP(=O)(OC3)OC4)cc2)c1. The smallest absolute Gasteiger partial charge is 0.475 e. The molecule has 37 heteroatoms. The van der Waals surface area contributed by atoms with Gasteiger partial charge in [0.2, 0.25) is 0 Å².